The number of halogens is 1. The van der Waals surface area contributed by atoms with Crippen LogP contribution in [0.4, 0.5) is 10.5 Å². The smallest absolute Gasteiger partial charge is 0.414 e. The van der Waals surface area contributed by atoms with Crippen LogP contribution in [0.15, 0.2) is 24.5 Å². The van der Waals surface area contributed by atoms with E-state index in [0.29, 0.717) is 17.6 Å². The second-order valence-corrected chi connectivity index (χ2v) is 9.70. The van der Waals surface area contributed by atoms with E-state index in [0.717, 1.165) is 66.9 Å². The van der Waals surface area contributed by atoms with Crippen molar-refractivity contribution < 1.29 is 9.53 Å². The minimum Gasteiger partial charge on any atom is -0.452 e. The summed E-state index contributed by atoms with van der Waals surface area (Å²) in [7, 11) is 1.44. The number of benzene rings is 1. The highest BCUT2D eigenvalue weighted by Gasteiger charge is 2.33. The fourth-order valence-corrected chi connectivity index (χ4v) is 5.55. The van der Waals surface area contributed by atoms with Crippen molar-refractivity contribution in [2.24, 2.45) is 0 Å². The molecule has 176 valence electrons. The lowest BCUT2D eigenvalue weighted by Gasteiger charge is -2.34. The van der Waals surface area contributed by atoms with Crippen LogP contribution >= 0.6 is 11.6 Å². The van der Waals surface area contributed by atoms with Gasteiger partial charge in [-0.15, -0.1) is 0 Å². The largest absolute Gasteiger partial charge is 0.452 e. The zero-order valence-corrected chi connectivity index (χ0v) is 20.2. The second-order valence-electron chi connectivity index (χ2n) is 9.26. The summed E-state index contributed by atoms with van der Waals surface area (Å²) in [6.07, 6.45) is 7.13. The third-order valence-corrected chi connectivity index (χ3v) is 7.23. The lowest BCUT2D eigenvalue weighted by molar-refractivity contribution is 0.175. The van der Waals surface area contributed by atoms with E-state index >= 15 is 0 Å². The van der Waals surface area contributed by atoms with Crippen LogP contribution in [0, 0.1) is 0 Å². The predicted molar refractivity (Wildman–Crippen MR) is 129 cm³/mol. The van der Waals surface area contributed by atoms with Gasteiger partial charge >= 0.3 is 6.09 Å². The Labute approximate surface area is 198 Å². The van der Waals surface area contributed by atoms with Crippen LogP contribution in [-0.4, -0.2) is 51.7 Å². The number of hydrogen-bond acceptors (Lipinski definition) is 5. The monoisotopic (exact) mass is 470 g/mol. The SMILES string of the molecule is COC(=O)N1c2ccc3c(nc([C@H](C)Cn4cc(Cl)cn4)n3C3CCNCC3)c2CC[C@@H]1C. The number of carbonyl (C=O) groups excluding carboxylic acids is 1. The lowest BCUT2D eigenvalue weighted by Crippen LogP contribution is -2.42. The summed E-state index contributed by atoms with van der Waals surface area (Å²) in [4.78, 5) is 19.6. The molecular formula is C24H31ClN6O2. The van der Waals surface area contributed by atoms with Gasteiger partial charge in [0.2, 0.25) is 0 Å². The Bertz CT molecular complexity index is 1170. The van der Waals surface area contributed by atoms with Gasteiger partial charge in [0.1, 0.15) is 5.82 Å². The highest BCUT2D eigenvalue weighted by molar-refractivity contribution is 6.30. The summed E-state index contributed by atoms with van der Waals surface area (Å²) < 4.78 is 9.43. The van der Waals surface area contributed by atoms with Gasteiger partial charge in [-0.3, -0.25) is 9.58 Å². The molecule has 8 nitrogen and oxygen atoms in total. The molecule has 33 heavy (non-hydrogen) atoms. The number of anilines is 1. The number of nitrogens with one attached hydrogen (secondary N) is 1. The van der Waals surface area contributed by atoms with Gasteiger partial charge < -0.3 is 14.6 Å². The lowest BCUT2D eigenvalue weighted by atomic mass is 9.95. The van der Waals surface area contributed by atoms with Crippen molar-refractivity contribution >= 4 is 34.4 Å². The molecule has 0 aliphatic carbocycles. The summed E-state index contributed by atoms with van der Waals surface area (Å²) in [5.41, 5.74) is 4.22. The van der Waals surface area contributed by atoms with Crippen molar-refractivity contribution in [1.29, 1.82) is 0 Å². The predicted octanol–water partition coefficient (Wildman–Crippen LogP) is 4.52. The summed E-state index contributed by atoms with van der Waals surface area (Å²) >= 11 is 6.10. The quantitative estimate of drug-likeness (QED) is 0.606. The van der Waals surface area contributed by atoms with Crippen molar-refractivity contribution in [3.05, 3.63) is 40.9 Å². The van der Waals surface area contributed by atoms with Gasteiger partial charge in [-0.1, -0.05) is 18.5 Å². The molecule has 9 heteroatoms. The Kier molecular flexibility index (Phi) is 6.05. The van der Waals surface area contributed by atoms with Crippen molar-refractivity contribution in [3.8, 4) is 0 Å². The van der Waals surface area contributed by atoms with E-state index in [1.807, 2.05) is 10.9 Å². The van der Waals surface area contributed by atoms with Crippen LogP contribution in [0.5, 0.6) is 0 Å². The fourth-order valence-electron chi connectivity index (χ4n) is 5.39. The van der Waals surface area contributed by atoms with Crippen molar-refractivity contribution in [1.82, 2.24) is 24.6 Å². The Balaban J connectivity index is 1.63. The first-order chi connectivity index (χ1) is 16.0. The summed E-state index contributed by atoms with van der Waals surface area (Å²) in [5.74, 6) is 1.22. The number of aromatic nitrogens is 4. The van der Waals surface area contributed by atoms with Gasteiger partial charge in [0.25, 0.3) is 0 Å². The van der Waals surface area contributed by atoms with E-state index in [1.54, 1.807) is 11.1 Å². The van der Waals surface area contributed by atoms with Gasteiger partial charge in [-0.05, 0) is 57.8 Å². The molecule has 1 saturated heterocycles. The Morgan fingerprint density at radius 1 is 1.30 bits per heavy atom. The zero-order valence-electron chi connectivity index (χ0n) is 19.4. The van der Waals surface area contributed by atoms with Crippen LogP contribution in [0.1, 0.15) is 56.5 Å². The molecule has 2 aliphatic rings. The molecule has 1 fully saturated rings. The van der Waals surface area contributed by atoms with Crippen molar-refractivity contribution in [3.63, 3.8) is 0 Å². The number of fused-ring (bicyclic) bond motifs is 3. The molecule has 2 aliphatic heterocycles. The first-order valence-corrected chi connectivity index (χ1v) is 12.1. The summed E-state index contributed by atoms with van der Waals surface area (Å²) in [6, 6.07) is 4.70. The topological polar surface area (TPSA) is 77.2 Å². The maximum atomic E-state index is 12.6. The molecule has 2 aromatic heterocycles. The van der Waals surface area contributed by atoms with Gasteiger partial charge in [-0.25, -0.2) is 9.78 Å². The van der Waals surface area contributed by atoms with Crippen LogP contribution < -0.4 is 10.2 Å². The normalized spacial score (nSPS) is 20.1. The molecule has 5 rings (SSSR count). The highest BCUT2D eigenvalue weighted by atomic mass is 35.5. The van der Waals surface area contributed by atoms with Gasteiger partial charge in [0.05, 0.1) is 41.6 Å². The molecule has 1 amide bonds. The molecule has 0 bridgehead atoms. The third kappa shape index (κ3) is 3.99. The molecular weight excluding hydrogens is 440 g/mol. The van der Waals surface area contributed by atoms with Crippen LogP contribution in [0.25, 0.3) is 11.0 Å². The van der Waals surface area contributed by atoms with E-state index < -0.39 is 0 Å². The van der Waals surface area contributed by atoms with Crippen LogP contribution in [-0.2, 0) is 17.7 Å². The van der Waals surface area contributed by atoms with Crippen molar-refractivity contribution in [2.45, 2.75) is 64.1 Å². The van der Waals surface area contributed by atoms with E-state index in [4.69, 9.17) is 21.3 Å². The number of imidazole rings is 1. The number of ether oxygens (including phenoxy) is 1. The Morgan fingerprint density at radius 3 is 2.79 bits per heavy atom. The van der Waals surface area contributed by atoms with E-state index in [1.165, 1.54) is 7.11 Å². The van der Waals surface area contributed by atoms with Gasteiger partial charge in [0.15, 0.2) is 0 Å². The molecule has 4 heterocycles. The summed E-state index contributed by atoms with van der Waals surface area (Å²) in [5, 5.41) is 8.49. The summed E-state index contributed by atoms with van der Waals surface area (Å²) in [6.45, 7) is 6.98. The van der Waals surface area contributed by atoms with E-state index in [2.05, 4.69) is 41.0 Å². The number of rotatable bonds is 4. The van der Waals surface area contributed by atoms with E-state index in [9.17, 15) is 4.79 Å². The first-order valence-electron chi connectivity index (χ1n) is 11.8. The number of aryl methyl sites for hydroxylation is 1. The molecule has 1 aromatic carbocycles. The second kappa shape index (κ2) is 8.99. The maximum absolute atomic E-state index is 12.6. The number of hydrogen-bond donors (Lipinski definition) is 1. The standard InChI is InChI=1S/C24H31ClN6O2/c1-15(13-29-14-17(25)12-27-29)23-28-22-19-5-4-16(2)30(24(32)33-3)20(19)6-7-21(22)31(23)18-8-10-26-11-9-18/h6-7,12,14-16,18,26H,4-5,8-11,13H2,1-3H3/t15-,16+/m1/s1. The molecule has 0 spiro atoms. The van der Waals surface area contributed by atoms with Crippen molar-refractivity contribution in [2.75, 3.05) is 25.1 Å². The van der Waals surface area contributed by atoms with Gasteiger partial charge in [-0.2, -0.15) is 5.10 Å². The minimum absolute atomic E-state index is 0.0943. The fraction of sp³-hybridized carbons (Fsp3) is 0.542. The molecule has 2 atom stereocenters. The van der Waals surface area contributed by atoms with Crippen LogP contribution in [0.3, 0.4) is 0 Å². The minimum atomic E-state index is -0.315. The third-order valence-electron chi connectivity index (χ3n) is 7.03. The Morgan fingerprint density at radius 2 is 2.09 bits per heavy atom. The van der Waals surface area contributed by atoms with E-state index in [-0.39, 0.29) is 18.1 Å². The molecule has 3 aromatic rings. The zero-order chi connectivity index (χ0) is 23.1. The average Bonchev–Trinajstić information content (AvgIpc) is 3.42. The Hall–Kier alpha value is -2.58. The number of carbonyl (C=O) groups is 1. The number of amides is 1. The average molecular weight is 471 g/mol. The molecule has 0 radical (unpaired) electrons. The number of nitrogens with zero attached hydrogens (tertiary/aromatic N) is 5. The van der Waals surface area contributed by atoms with Crippen LogP contribution in [0.2, 0.25) is 5.02 Å². The van der Waals surface area contributed by atoms with Gasteiger partial charge in [0, 0.05) is 29.8 Å². The number of piperidine rings is 1. The first kappa shape index (κ1) is 22.2. The highest BCUT2D eigenvalue weighted by Crippen LogP contribution is 2.39. The molecule has 0 unspecified atom stereocenters. The number of methoxy groups -OCH3 is 1. The molecule has 1 N–H and O–H groups in total. The maximum Gasteiger partial charge on any atom is 0.414 e. The molecule has 0 saturated carbocycles.